The number of fused-ring (bicyclic) bond motifs is 1. The number of hydrogen-bond acceptors (Lipinski definition) is 4. The van der Waals surface area contributed by atoms with Gasteiger partial charge in [0.25, 0.3) is 10.0 Å². The molecule has 3 rings (SSSR count). The molecule has 0 unspecified atom stereocenters. The number of nitrogens with zero attached hydrogens (tertiary/aromatic N) is 1. The molecule has 0 aliphatic heterocycles. The van der Waals surface area contributed by atoms with Crippen molar-refractivity contribution in [2.45, 2.75) is 65.2 Å². The topological polar surface area (TPSA) is 78.5 Å². The molecule has 0 heterocycles. The maximum Gasteiger partial charge on any atom is 0.262 e. The lowest BCUT2D eigenvalue weighted by atomic mass is 9.95. The Balaban J connectivity index is 1.90. The predicted molar refractivity (Wildman–Crippen MR) is 151 cm³/mol. The third-order valence-corrected chi connectivity index (χ3v) is 7.57. The summed E-state index contributed by atoms with van der Waals surface area (Å²) in [4.78, 5) is 14.8. The van der Waals surface area contributed by atoms with Gasteiger partial charge in [-0.3, -0.25) is 9.52 Å². The molecule has 2 N–H and O–H groups in total. The van der Waals surface area contributed by atoms with Crippen LogP contribution in [0.5, 0.6) is 0 Å². The van der Waals surface area contributed by atoms with Crippen molar-refractivity contribution in [2.24, 2.45) is 5.41 Å². The first-order valence-corrected chi connectivity index (χ1v) is 14.3. The van der Waals surface area contributed by atoms with Crippen LogP contribution in [0.1, 0.15) is 60.3 Å². The monoisotopic (exact) mass is 509 g/mol. The number of rotatable bonds is 11. The Morgan fingerprint density at radius 1 is 0.806 bits per heavy atom. The van der Waals surface area contributed by atoms with Crippen LogP contribution in [0.15, 0.2) is 65.6 Å². The molecule has 0 fully saturated rings. The summed E-state index contributed by atoms with van der Waals surface area (Å²) in [5, 5.41) is 4.49. The van der Waals surface area contributed by atoms with Crippen molar-refractivity contribution < 1.29 is 13.2 Å². The molecule has 1 amide bonds. The van der Waals surface area contributed by atoms with E-state index in [1.165, 1.54) is 0 Å². The Hall–Kier alpha value is -3.06. The lowest BCUT2D eigenvalue weighted by molar-refractivity contribution is -0.123. The molecule has 0 radical (unpaired) electrons. The largest absolute Gasteiger partial charge is 0.371 e. The number of sulfonamides is 1. The van der Waals surface area contributed by atoms with Crippen molar-refractivity contribution in [3.63, 3.8) is 0 Å². The van der Waals surface area contributed by atoms with E-state index >= 15 is 0 Å². The van der Waals surface area contributed by atoms with E-state index in [0.717, 1.165) is 49.8 Å². The molecule has 0 aromatic heterocycles. The highest BCUT2D eigenvalue weighted by molar-refractivity contribution is 7.93. The van der Waals surface area contributed by atoms with Gasteiger partial charge >= 0.3 is 0 Å². The van der Waals surface area contributed by atoms with Gasteiger partial charge in [0.2, 0.25) is 5.91 Å². The van der Waals surface area contributed by atoms with Gasteiger partial charge in [-0.2, -0.15) is 0 Å². The lowest BCUT2D eigenvalue weighted by Gasteiger charge is -2.26. The van der Waals surface area contributed by atoms with Crippen LogP contribution in [0, 0.1) is 5.41 Å². The van der Waals surface area contributed by atoms with Crippen molar-refractivity contribution in [3.8, 4) is 0 Å². The number of hydrogen-bond donors (Lipinski definition) is 2. The Kier molecular flexibility index (Phi) is 9.01. The van der Waals surface area contributed by atoms with Gasteiger partial charge in [-0.1, -0.05) is 71.7 Å². The van der Waals surface area contributed by atoms with Gasteiger partial charge in [-0.15, -0.1) is 0 Å². The van der Waals surface area contributed by atoms with Crippen molar-refractivity contribution >= 4 is 43.8 Å². The number of unbranched alkanes of at least 4 members (excludes halogenated alkanes) is 2. The first-order valence-electron chi connectivity index (χ1n) is 12.8. The highest BCUT2D eigenvalue weighted by atomic mass is 32.2. The van der Waals surface area contributed by atoms with Crippen molar-refractivity contribution in [2.75, 3.05) is 28.0 Å². The molecular formula is C29H39N3O3S. The molecule has 3 aromatic carbocycles. The quantitative estimate of drug-likeness (QED) is 0.291. The van der Waals surface area contributed by atoms with Crippen molar-refractivity contribution in [3.05, 3.63) is 60.7 Å². The summed E-state index contributed by atoms with van der Waals surface area (Å²) in [5.41, 5.74) is 1.61. The average Bonchev–Trinajstić information content (AvgIpc) is 2.84. The van der Waals surface area contributed by atoms with E-state index in [0.29, 0.717) is 16.8 Å². The van der Waals surface area contributed by atoms with E-state index in [1.54, 1.807) is 30.3 Å². The number of nitrogens with one attached hydrogen (secondary N) is 2. The van der Waals surface area contributed by atoms with Gasteiger partial charge in [0, 0.05) is 46.3 Å². The molecular weight excluding hydrogens is 470 g/mol. The lowest BCUT2D eigenvalue weighted by Crippen LogP contribution is -2.27. The molecule has 36 heavy (non-hydrogen) atoms. The highest BCUT2D eigenvalue weighted by Crippen LogP contribution is 2.32. The predicted octanol–water partition coefficient (Wildman–Crippen LogP) is 7.03. The van der Waals surface area contributed by atoms with E-state index < -0.39 is 15.4 Å². The van der Waals surface area contributed by atoms with Gasteiger partial charge in [0.15, 0.2) is 0 Å². The Bertz CT molecular complexity index is 1270. The highest BCUT2D eigenvalue weighted by Gasteiger charge is 2.22. The van der Waals surface area contributed by atoms with Crippen LogP contribution in [-0.4, -0.2) is 27.4 Å². The number of carbonyl (C=O) groups is 1. The summed E-state index contributed by atoms with van der Waals surface area (Å²) in [6, 6.07) is 18.1. The van der Waals surface area contributed by atoms with Crippen LogP contribution in [0.3, 0.4) is 0 Å². The fraction of sp³-hybridized carbons (Fsp3) is 0.414. The molecule has 0 bridgehead atoms. The Morgan fingerprint density at radius 3 is 1.94 bits per heavy atom. The van der Waals surface area contributed by atoms with Crippen LogP contribution >= 0.6 is 0 Å². The minimum absolute atomic E-state index is 0.102. The fourth-order valence-corrected chi connectivity index (χ4v) is 5.26. The van der Waals surface area contributed by atoms with E-state index in [-0.39, 0.29) is 10.8 Å². The number of amides is 1. The summed E-state index contributed by atoms with van der Waals surface area (Å²) in [6.45, 7) is 11.8. The standard InChI is InChI=1S/C29H39N3O3S/c1-6-8-20-32(21-9-7-2)26-14-10-13-25-24(26)12-11-15-27(25)36(34,35)31-23-18-16-22(17-19-23)30-28(33)29(3,4)5/h10-19,31H,6-9,20-21H2,1-5H3,(H,30,33). The summed E-state index contributed by atoms with van der Waals surface area (Å²) in [5.74, 6) is -0.102. The molecule has 0 atom stereocenters. The smallest absolute Gasteiger partial charge is 0.262 e. The summed E-state index contributed by atoms with van der Waals surface area (Å²) < 4.78 is 29.6. The van der Waals surface area contributed by atoms with E-state index in [9.17, 15) is 13.2 Å². The number of carbonyl (C=O) groups excluding carboxylic acids is 1. The fourth-order valence-electron chi connectivity index (χ4n) is 3.98. The first-order chi connectivity index (χ1) is 17.1. The second kappa shape index (κ2) is 11.8. The molecule has 0 saturated carbocycles. The zero-order chi connectivity index (χ0) is 26.3. The zero-order valence-corrected chi connectivity index (χ0v) is 22.9. The molecule has 3 aromatic rings. The average molecular weight is 510 g/mol. The van der Waals surface area contributed by atoms with Gasteiger partial charge in [0.05, 0.1) is 4.90 Å². The van der Waals surface area contributed by atoms with E-state index in [4.69, 9.17) is 0 Å². The first kappa shape index (κ1) is 27.5. The van der Waals surface area contributed by atoms with E-state index in [1.807, 2.05) is 45.0 Å². The maximum absolute atomic E-state index is 13.4. The number of benzene rings is 3. The zero-order valence-electron chi connectivity index (χ0n) is 22.1. The van der Waals surface area contributed by atoms with Gasteiger partial charge in [-0.05, 0) is 49.2 Å². The van der Waals surface area contributed by atoms with Gasteiger partial charge in [-0.25, -0.2) is 8.42 Å². The molecule has 0 aliphatic carbocycles. The molecule has 0 saturated heterocycles. The molecule has 0 spiro atoms. The summed E-state index contributed by atoms with van der Waals surface area (Å²) >= 11 is 0. The van der Waals surface area contributed by atoms with Crippen molar-refractivity contribution in [1.29, 1.82) is 0 Å². The molecule has 0 aliphatic rings. The second-order valence-corrected chi connectivity index (χ2v) is 11.9. The van der Waals surface area contributed by atoms with Crippen LogP contribution < -0.4 is 14.9 Å². The minimum atomic E-state index is -3.83. The van der Waals surface area contributed by atoms with Gasteiger partial charge < -0.3 is 10.2 Å². The van der Waals surface area contributed by atoms with Gasteiger partial charge in [0.1, 0.15) is 0 Å². The molecule has 6 nitrogen and oxygen atoms in total. The molecule has 194 valence electrons. The second-order valence-electron chi connectivity index (χ2n) is 10.2. The maximum atomic E-state index is 13.4. The summed E-state index contributed by atoms with van der Waals surface area (Å²) in [7, 11) is -3.83. The van der Waals surface area contributed by atoms with Crippen LogP contribution in [-0.2, 0) is 14.8 Å². The Morgan fingerprint density at radius 2 is 1.36 bits per heavy atom. The molecule has 7 heteroatoms. The third-order valence-electron chi connectivity index (χ3n) is 6.13. The van der Waals surface area contributed by atoms with Crippen LogP contribution in [0.2, 0.25) is 0 Å². The third kappa shape index (κ3) is 6.78. The normalized spacial score (nSPS) is 11.9. The van der Waals surface area contributed by atoms with E-state index in [2.05, 4.69) is 34.9 Å². The van der Waals surface area contributed by atoms with Crippen molar-refractivity contribution in [1.82, 2.24) is 0 Å². The SMILES string of the molecule is CCCCN(CCCC)c1cccc2c(S(=O)(=O)Nc3ccc(NC(=O)C(C)(C)C)cc3)cccc12. The minimum Gasteiger partial charge on any atom is -0.371 e. The number of anilines is 3. The summed E-state index contributed by atoms with van der Waals surface area (Å²) in [6.07, 6.45) is 4.39. The van der Waals surface area contributed by atoms with Crippen LogP contribution in [0.25, 0.3) is 10.8 Å². The van der Waals surface area contributed by atoms with Crippen LogP contribution in [0.4, 0.5) is 17.1 Å². The Labute approximate surface area is 216 Å².